The molecule has 0 saturated carbocycles. The number of rotatable bonds is 3. The van der Waals surface area contributed by atoms with Gasteiger partial charge in [-0.2, -0.15) is 4.98 Å². The van der Waals surface area contributed by atoms with Gasteiger partial charge in [0.05, 0.1) is 0 Å². The van der Waals surface area contributed by atoms with Crippen LogP contribution in [0.15, 0.2) is 16.5 Å². The van der Waals surface area contributed by atoms with E-state index in [4.69, 9.17) is 10.2 Å². The summed E-state index contributed by atoms with van der Waals surface area (Å²) in [7, 11) is 0. The van der Waals surface area contributed by atoms with Gasteiger partial charge >= 0.3 is 0 Å². The smallest absolute Gasteiger partial charge is 0.201 e. The zero-order chi connectivity index (χ0) is 10.8. The first-order valence-electron chi connectivity index (χ1n) is 5.18. The molecule has 2 aromatic rings. The summed E-state index contributed by atoms with van der Waals surface area (Å²) in [5, 5.41) is 0. The lowest BCUT2D eigenvalue weighted by atomic mass is 10.1. The number of fused-ring (bicyclic) bond motifs is 1. The highest BCUT2D eigenvalue weighted by Crippen LogP contribution is 2.22. The highest BCUT2D eigenvalue weighted by Gasteiger charge is 2.15. The molecule has 2 aromatic heterocycles. The minimum absolute atomic E-state index is 0.194. The van der Waals surface area contributed by atoms with E-state index in [9.17, 15) is 0 Å². The van der Waals surface area contributed by atoms with E-state index in [1.807, 2.05) is 19.1 Å². The summed E-state index contributed by atoms with van der Waals surface area (Å²) in [6, 6.07) is 3.82. The average Bonchev–Trinajstić information content (AvgIpc) is 2.62. The minimum atomic E-state index is 0.194. The SMILES string of the molecule is CCC(CN)c1nc2nc(C)ccc2o1. The standard InChI is InChI=1S/C11H15N3O/c1-3-8(6-12)11-14-10-9(15-11)5-4-7(2)13-10/h4-5,8H,3,6,12H2,1-2H3. The number of aryl methyl sites for hydroxylation is 1. The molecular weight excluding hydrogens is 190 g/mol. The molecule has 2 N–H and O–H groups in total. The van der Waals surface area contributed by atoms with E-state index in [1.54, 1.807) is 0 Å². The monoisotopic (exact) mass is 205 g/mol. The van der Waals surface area contributed by atoms with E-state index in [0.29, 0.717) is 18.1 Å². The number of nitrogens with zero attached hydrogens (tertiary/aromatic N) is 2. The Balaban J connectivity index is 2.46. The van der Waals surface area contributed by atoms with Crippen LogP contribution < -0.4 is 5.73 Å². The second-order valence-corrected chi connectivity index (χ2v) is 3.67. The summed E-state index contributed by atoms with van der Waals surface area (Å²) in [5.74, 6) is 0.896. The van der Waals surface area contributed by atoms with E-state index < -0.39 is 0 Å². The van der Waals surface area contributed by atoms with E-state index in [2.05, 4.69) is 16.9 Å². The molecule has 0 aromatic carbocycles. The zero-order valence-electron chi connectivity index (χ0n) is 9.03. The summed E-state index contributed by atoms with van der Waals surface area (Å²) < 4.78 is 5.61. The molecule has 0 fully saturated rings. The van der Waals surface area contributed by atoms with Gasteiger partial charge in [-0.1, -0.05) is 6.92 Å². The molecule has 15 heavy (non-hydrogen) atoms. The first kappa shape index (κ1) is 10.1. The van der Waals surface area contributed by atoms with Gasteiger partial charge in [0.25, 0.3) is 0 Å². The van der Waals surface area contributed by atoms with Gasteiger partial charge in [0.2, 0.25) is 5.89 Å². The fraction of sp³-hybridized carbons (Fsp3) is 0.455. The number of nitrogens with two attached hydrogens (primary N) is 1. The first-order chi connectivity index (χ1) is 7.24. The average molecular weight is 205 g/mol. The molecule has 0 saturated heterocycles. The van der Waals surface area contributed by atoms with Gasteiger partial charge in [0.1, 0.15) is 0 Å². The Morgan fingerprint density at radius 3 is 2.87 bits per heavy atom. The van der Waals surface area contributed by atoms with Gasteiger partial charge in [-0.15, -0.1) is 0 Å². The molecule has 2 heterocycles. The molecule has 0 aliphatic rings. The predicted octanol–water partition coefficient (Wildman–Crippen LogP) is 1.98. The second-order valence-electron chi connectivity index (χ2n) is 3.67. The van der Waals surface area contributed by atoms with Gasteiger partial charge < -0.3 is 10.2 Å². The third-order valence-corrected chi connectivity index (χ3v) is 2.54. The predicted molar refractivity (Wildman–Crippen MR) is 58.6 cm³/mol. The largest absolute Gasteiger partial charge is 0.439 e. The van der Waals surface area contributed by atoms with E-state index >= 15 is 0 Å². The van der Waals surface area contributed by atoms with Crippen LogP contribution in [0.25, 0.3) is 11.2 Å². The summed E-state index contributed by atoms with van der Waals surface area (Å²) in [6.07, 6.45) is 0.933. The van der Waals surface area contributed by atoms with Crippen molar-refractivity contribution < 1.29 is 4.42 Å². The van der Waals surface area contributed by atoms with E-state index in [1.165, 1.54) is 0 Å². The fourth-order valence-electron chi connectivity index (χ4n) is 1.55. The Morgan fingerprint density at radius 1 is 1.40 bits per heavy atom. The number of hydrogen-bond acceptors (Lipinski definition) is 4. The zero-order valence-corrected chi connectivity index (χ0v) is 9.03. The normalized spacial score (nSPS) is 13.3. The fourth-order valence-corrected chi connectivity index (χ4v) is 1.55. The van der Waals surface area contributed by atoms with Crippen LogP contribution in [0, 0.1) is 6.92 Å². The summed E-state index contributed by atoms with van der Waals surface area (Å²) in [5.41, 5.74) is 8.01. The Kier molecular flexibility index (Phi) is 2.68. The number of hydrogen-bond donors (Lipinski definition) is 1. The van der Waals surface area contributed by atoms with Crippen molar-refractivity contribution in [3.8, 4) is 0 Å². The molecular formula is C11H15N3O. The maximum Gasteiger partial charge on any atom is 0.201 e. The third-order valence-electron chi connectivity index (χ3n) is 2.54. The van der Waals surface area contributed by atoms with Crippen molar-refractivity contribution in [1.29, 1.82) is 0 Å². The van der Waals surface area contributed by atoms with Gasteiger partial charge in [-0.25, -0.2) is 4.98 Å². The second kappa shape index (κ2) is 3.98. The van der Waals surface area contributed by atoms with E-state index in [-0.39, 0.29) is 5.92 Å². The van der Waals surface area contributed by atoms with Gasteiger partial charge in [0, 0.05) is 18.2 Å². The molecule has 1 unspecified atom stereocenters. The maximum absolute atomic E-state index is 5.65. The van der Waals surface area contributed by atoms with Crippen LogP contribution in [0.1, 0.15) is 30.8 Å². The van der Waals surface area contributed by atoms with Crippen LogP contribution in [0.3, 0.4) is 0 Å². The van der Waals surface area contributed by atoms with Crippen LogP contribution in [0.5, 0.6) is 0 Å². The molecule has 0 spiro atoms. The van der Waals surface area contributed by atoms with Crippen molar-refractivity contribution in [2.24, 2.45) is 5.73 Å². The summed E-state index contributed by atoms with van der Waals surface area (Å²) in [4.78, 5) is 8.66. The molecule has 0 aliphatic carbocycles. The van der Waals surface area contributed by atoms with E-state index in [0.717, 1.165) is 17.7 Å². The van der Waals surface area contributed by atoms with Crippen LogP contribution in [0.2, 0.25) is 0 Å². The topological polar surface area (TPSA) is 64.9 Å². The summed E-state index contributed by atoms with van der Waals surface area (Å²) >= 11 is 0. The molecule has 4 nitrogen and oxygen atoms in total. The Morgan fingerprint density at radius 2 is 2.20 bits per heavy atom. The maximum atomic E-state index is 5.65. The molecule has 0 bridgehead atoms. The molecule has 2 rings (SSSR count). The van der Waals surface area contributed by atoms with Crippen molar-refractivity contribution in [2.75, 3.05) is 6.54 Å². The molecule has 1 atom stereocenters. The number of oxazole rings is 1. The highest BCUT2D eigenvalue weighted by atomic mass is 16.3. The summed E-state index contributed by atoms with van der Waals surface area (Å²) in [6.45, 7) is 4.57. The lowest BCUT2D eigenvalue weighted by molar-refractivity contribution is 0.465. The van der Waals surface area contributed by atoms with Crippen molar-refractivity contribution in [3.63, 3.8) is 0 Å². The number of pyridine rings is 1. The molecule has 0 aliphatic heterocycles. The number of aromatic nitrogens is 2. The van der Waals surface area contributed by atoms with Crippen molar-refractivity contribution in [2.45, 2.75) is 26.2 Å². The van der Waals surface area contributed by atoms with Crippen molar-refractivity contribution >= 4 is 11.2 Å². The quantitative estimate of drug-likeness (QED) is 0.832. The Labute approximate surface area is 88.5 Å². The minimum Gasteiger partial charge on any atom is -0.439 e. The molecule has 4 heteroatoms. The van der Waals surface area contributed by atoms with Gasteiger partial charge in [0.15, 0.2) is 11.2 Å². The molecule has 0 amide bonds. The molecule has 80 valence electrons. The first-order valence-corrected chi connectivity index (χ1v) is 5.18. The van der Waals surface area contributed by atoms with Crippen LogP contribution >= 0.6 is 0 Å². The van der Waals surface area contributed by atoms with Crippen LogP contribution in [-0.4, -0.2) is 16.5 Å². The van der Waals surface area contributed by atoms with Crippen molar-refractivity contribution in [1.82, 2.24) is 9.97 Å². The molecule has 0 radical (unpaired) electrons. The van der Waals surface area contributed by atoms with Crippen LogP contribution in [0.4, 0.5) is 0 Å². The Bertz CT molecular complexity index is 460. The van der Waals surface area contributed by atoms with Gasteiger partial charge in [-0.3, -0.25) is 0 Å². The Hall–Kier alpha value is -1.42. The lowest BCUT2D eigenvalue weighted by Gasteiger charge is -2.05. The third kappa shape index (κ3) is 1.85. The van der Waals surface area contributed by atoms with Crippen molar-refractivity contribution in [3.05, 3.63) is 23.7 Å². The highest BCUT2D eigenvalue weighted by molar-refractivity contribution is 5.67. The van der Waals surface area contributed by atoms with Crippen LogP contribution in [-0.2, 0) is 0 Å². The van der Waals surface area contributed by atoms with Gasteiger partial charge in [-0.05, 0) is 25.5 Å². The lowest BCUT2D eigenvalue weighted by Crippen LogP contribution is -2.11.